The van der Waals surface area contributed by atoms with Crippen LogP contribution in [0.4, 0.5) is 5.69 Å². The molecule has 1 fully saturated rings. The zero-order chi connectivity index (χ0) is 18.7. The van der Waals surface area contributed by atoms with Gasteiger partial charge in [-0.3, -0.25) is 4.79 Å². The predicted molar refractivity (Wildman–Crippen MR) is 106 cm³/mol. The molecule has 134 valence electrons. The molecule has 3 rings (SSSR count). The monoisotopic (exact) mass is 368 g/mol. The summed E-state index contributed by atoms with van der Waals surface area (Å²) < 4.78 is 10.6. The minimum Gasteiger partial charge on any atom is -0.497 e. The number of carbonyl (C=O) groups is 1. The van der Waals surface area contributed by atoms with E-state index in [-0.39, 0.29) is 5.91 Å². The lowest BCUT2D eigenvalue weighted by Gasteiger charge is -2.07. The fourth-order valence-corrected chi connectivity index (χ4v) is 3.46. The molecule has 0 aliphatic carbocycles. The summed E-state index contributed by atoms with van der Waals surface area (Å²) in [5.41, 5.74) is 3.83. The topological polar surface area (TPSA) is 59.9 Å². The van der Waals surface area contributed by atoms with Crippen LogP contribution in [0.15, 0.2) is 46.3 Å². The number of rotatable bonds is 4. The second kappa shape index (κ2) is 7.66. The number of nitrogens with zero attached hydrogens (tertiary/aromatic N) is 1. The van der Waals surface area contributed by atoms with Crippen molar-refractivity contribution >= 4 is 34.6 Å². The number of hydrogen-bond acceptors (Lipinski definition) is 5. The highest BCUT2D eigenvalue weighted by molar-refractivity contribution is 8.18. The van der Waals surface area contributed by atoms with E-state index < -0.39 is 0 Å². The van der Waals surface area contributed by atoms with Gasteiger partial charge < -0.3 is 14.8 Å². The van der Waals surface area contributed by atoms with Crippen LogP contribution >= 0.6 is 11.8 Å². The minimum absolute atomic E-state index is 0.169. The Labute approximate surface area is 157 Å². The normalized spacial score (nSPS) is 16.8. The Morgan fingerprint density at radius 3 is 2.46 bits per heavy atom. The van der Waals surface area contributed by atoms with E-state index >= 15 is 0 Å². The van der Waals surface area contributed by atoms with Crippen LogP contribution in [0, 0.1) is 13.8 Å². The van der Waals surface area contributed by atoms with Crippen LogP contribution in [0.1, 0.15) is 16.7 Å². The Bertz CT molecular complexity index is 899. The molecule has 0 atom stereocenters. The van der Waals surface area contributed by atoms with E-state index in [2.05, 4.69) is 10.3 Å². The Morgan fingerprint density at radius 1 is 1.08 bits per heavy atom. The first-order valence-corrected chi connectivity index (χ1v) is 8.91. The van der Waals surface area contributed by atoms with Crippen LogP contribution in [-0.2, 0) is 4.79 Å². The number of hydrogen-bond donors (Lipinski definition) is 1. The van der Waals surface area contributed by atoms with E-state index in [9.17, 15) is 4.79 Å². The highest BCUT2D eigenvalue weighted by Gasteiger charge is 2.24. The summed E-state index contributed by atoms with van der Waals surface area (Å²) in [6, 6.07) is 11.5. The quantitative estimate of drug-likeness (QED) is 0.821. The number of benzene rings is 2. The number of aryl methyl sites for hydroxylation is 2. The smallest absolute Gasteiger partial charge is 0.264 e. The van der Waals surface area contributed by atoms with Gasteiger partial charge in [-0.15, -0.1) is 0 Å². The minimum atomic E-state index is -0.169. The van der Waals surface area contributed by atoms with Crippen molar-refractivity contribution in [2.45, 2.75) is 13.8 Å². The van der Waals surface area contributed by atoms with Gasteiger partial charge in [-0.05, 0) is 54.9 Å². The molecule has 0 spiro atoms. The molecule has 6 heteroatoms. The second-order valence-corrected chi connectivity index (χ2v) is 6.86. The van der Waals surface area contributed by atoms with E-state index in [0.29, 0.717) is 21.6 Å². The number of para-hydroxylation sites is 1. The number of amides is 1. The standard InChI is InChI=1S/C20H20N2O3S/c1-12-6-5-7-13(2)18(12)21-20-22-19(23)17(26-20)10-14-8-9-15(24-3)11-16(14)25-4/h5-11H,1-4H3,(H,21,22,23)/b17-10-. The third kappa shape index (κ3) is 3.75. The van der Waals surface area contributed by atoms with E-state index in [1.165, 1.54) is 11.8 Å². The SMILES string of the molecule is COc1ccc(/C=C2\SC(=Nc3c(C)cccc3C)NC2=O)c(OC)c1. The van der Waals surface area contributed by atoms with Crippen molar-refractivity contribution in [3.8, 4) is 11.5 Å². The first kappa shape index (κ1) is 18.1. The van der Waals surface area contributed by atoms with Crippen molar-refractivity contribution in [1.29, 1.82) is 0 Å². The molecule has 1 N–H and O–H groups in total. The van der Waals surface area contributed by atoms with Gasteiger partial charge in [0.15, 0.2) is 5.17 Å². The number of amidine groups is 1. The third-order valence-electron chi connectivity index (χ3n) is 4.03. The maximum absolute atomic E-state index is 12.3. The molecule has 1 saturated heterocycles. The molecule has 0 radical (unpaired) electrons. The van der Waals surface area contributed by atoms with Crippen molar-refractivity contribution in [2.24, 2.45) is 4.99 Å². The summed E-state index contributed by atoms with van der Waals surface area (Å²) >= 11 is 1.32. The molecule has 0 saturated carbocycles. The summed E-state index contributed by atoms with van der Waals surface area (Å²) in [5, 5.41) is 3.40. The Morgan fingerprint density at radius 2 is 1.81 bits per heavy atom. The van der Waals surface area contributed by atoms with Crippen molar-refractivity contribution < 1.29 is 14.3 Å². The molecule has 2 aromatic carbocycles. The summed E-state index contributed by atoms with van der Waals surface area (Å²) in [6.07, 6.45) is 1.80. The summed E-state index contributed by atoms with van der Waals surface area (Å²) in [7, 11) is 3.19. The van der Waals surface area contributed by atoms with Gasteiger partial charge in [-0.25, -0.2) is 4.99 Å². The highest BCUT2D eigenvalue weighted by atomic mass is 32.2. The van der Waals surface area contributed by atoms with Crippen molar-refractivity contribution in [1.82, 2.24) is 5.32 Å². The molecule has 1 amide bonds. The van der Waals surface area contributed by atoms with Crippen LogP contribution in [0.5, 0.6) is 11.5 Å². The molecule has 0 bridgehead atoms. The van der Waals surface area contributed by atoms with Crippen LogP contribution in [0.25, 0.3) is 6.08 Å². The molecular formula is C20H20N2O3S. The zero-order valence-electron chi connectivity index (χ0n) is 15.1. The molecule has 0 unspecified atom stereocenters. The Kier molecular flexibility index (Phi) is 5.32. The molecule has 26 heavy (non-hydrogen) atoms. The maximum Gasteiger partial charge on any atom is 0.264 e. The Balaban J connectivity index is 1.91. The van der Waals surface area contributed by atoms with Gasteiger partial charge in [0.25, 0.3) is 5.91 Å². The van der Waals surface area contributed by atoms with Crippen molar-refractivity contribution in [3.05, 3.63) is 58.0 Å². The van der Waals surface area contributed by atoms with Gasteiger partial charge in [-0.1, -0.05) is 18.2 Å². The van der Waals surface area contributed by atoms with Gasteiger partial charge >= 0.3 is 0 Å². The van der Waals surface area contributed by atoms with Gasteiger partial charge in [-0.2, -0.15) is 0 Å². The van der Waals surface area contributed by atoms with E-state index in [0.717, 1.165) is 22.4 Å². The fraction of sp³-hybridized carbons (Fsp3) is 0.200. The molecule has 5 nitrogen and oxygen atoms in total. The van der Waals surface area contributed by atoms with Crippen molar-refractivity contribution in [2.75, 3.05) is 14.2 Å². The summed E-state index contributed by atoms with van der Waals surface area (Å²) in [5.74, 6) is 1.17. The maximum atomic E-state index is 12.3. The first-order valence-electron chi connectivity index (χ1n) is 8.09. The second-order valence-electron chi connectivity index (χ2n) is 5.83. The van der Waals surface area contributed by atoms with E-state index in [1.54, 1.807) is 26.4 Å². The van der Waals surface area contributed by atoms with Crippen LogP contribution in [-0.4, -0.2) is 25.3 Å². The van der Waals surface area contributed by atoms with Crippen LogP contribution in [0.3, 0.4) is 0 Å². The zero-order valence-corrected chi connectivity index (χ0v) is 15.9. The largest absolute Gasteiger partial charge is 0.497 e. The number of aliphatic imine (C=N–C) groups is 1. The number of ether oxygens (including phenoxy) is 2. The number of carbonyl (C=O) groups excluding carboxylic acids is 1. The van der Waals surface area contributed by atoms with E-state index in [1.807, 2.05) is 44.2 Å². The first-order chi connectivity index (χ1) is 12.5. The molecule has 2 aromatic rings. The summed E-state index contributed by atoms with van der Waals surface area (Å²) in [6.45, 7) is 4.01. The molecule has 1 aliphatic rings. The molecule has 0 aromatic heterocycles. The number of methoxy groups -OCH3 is 2. The molecule has 1 aliphatic heterocycles. The van der Waals surface area contributed by atoms with Crippen LogP contribution in [0.2, 0.25) is 0 Å². The molecule has 1 heterocycles. The average Bonchev–Trinajstić information content (AvgIpc) is 2.98. The van der Waals surface area contributed by atoms with Crippen molar-refractivity contribution in [3.63, 3.8) is 0 Å². The summed E-state index contributed by atoms with van der Waals surface area (Å²) in [4.78, 5) is 17.5. The van der Waals surface area contributed by atoms with Crippen LogP contribution < -0.4 is 14.8 Å². The van der Waals surface area contributed by atoms with Gasteiger partial charge in [0.1, 0.15) is 11.5 Å². The van der Waals surface area contributed by atoms with Gasteiger partial charge in [0.2, 0.25) is 0 Å². The van der Waals surface area contributed by atoms with Gasteiger partial charge in [0, 0.05) is 11.6 Å². The fourth-order valence-electron chi connectivity index (χ4n) is 2.64. The lowest BCUT2D eigenvalue weighted by molar-refractivity contribution is -0.115. The molecular weight excluding hydrogens is 348 g/mol. The lowest BCUT2D eigenvalue weighted by Crippen LogP contribution is -2.19. The lowest BCUT2D eigenvalue weighted by atomic mass is 10.1. The van der Waals surface area contributed by atoms with Gasteiger partial charge in [0.05, 0.1) is 24.8 Å². The number of thioether (sulfide) groups is 1. The highest BCUT2D eigenvalue weighted by Crippen LogP contribution is 2.33. The van der Waals surface area contributed by atoms with E-state index in [4.69, 9.17) is 9.47 Å². The Hall–Kier alpha value is -2.73. The predicted octanol–water partition coefficient (Wildman–Crippen LogP) is 4.21. The average molecular weight is 368 g/mol. The third-order valence-corrected chi connectivity index (χ3v) is 4.94. The number of nitrogens with one attached hydrogen (secondary N) is 1.